The van der Waals surface area contributed by atoms with Crippen molar-refractivity contribution in [1.82, 2.24) is 4.72 Å². The van der Waals surface area contributed by atoms with Gasteiger partial charge in [0.2, 0.25) is 10.0 Å². The SMILES string of the molecule is C=C[C@H](NS(=O)(=O)c1ccc(C)cc1)[C@@H](N)c1ccccc1. The largest absolute Gasteiger partial charge is 0.322 e. The van der Waals surface area contributed by atoms with E-state index in [4.69, 9.17) is 5.73 Å². The topological polar surface area (TPSA) is 72.2 Å². The Kier molecular flexibility index (Phi) is 5.13. The van der Waals surface area contributed by atoms with E-state index in [0.717, 1.165) is 11.1 Å². The van der Waals surface area contributed by atoms with Crippen LogP contribution in [0.4, 0.5) is 0 Å². The summed E-state index contributed by atoms with van der Waals surface area (Å²) < 4.78 is 27.5. The van der Waals surface area contributed by atoms with Crippen LogP contribution >= 0.6 is 0 Å². The molecule has 116 valence electrons. The third-order valence-corrected chi connectivity index (χ3v) is 4.92. The third-order valence-electron chi connectivity index (χ3n) is 3.45. The van der Waals surface area contributed by atoms with Crippen molar-refractivity contribution in [1.29, 1.82) is 0 Å². The second-order valence-electron chi connectivity index (χ2n) is 5.13. The van der Waals surface area contributed by atoms with E-state index in [1.54, 1.807) is 24.3 Å². The first-order chi connectivity index (χ1) is 10.4. The highest BCUT2D eigenvalue weighted by atomic mass is 32.2. The maximum atomic E-state index is 12.4. The molecule has 0 fully saturated rings. The fourth-order valence-electron chi connectivity index (χ4n) is 2.12. The summed E-state index contributed by atoms with van der Waals surface area (Å²) in [5.74, 6) is 0. The van der Waals surface area contributed by atoms with Crippen molar-refractivity contribution in [2.45, 2.75) is 23.9 Å². The van der Waals surface area contributed by atoms with Crippen LogP contribution in [0, 0.1) is 6.92 Å². The zero-order chi connectivity index (χ0) is 16.2. The Morgan fingerprint density at radius 3 is 2.23 bits per heavy atom. The molecule has 4 nitrogen and oxygen atoms in total. The van der Waals surface area contributed by atoms with Crippen LogP contribution in [-0.2, 0) is 10.0 Å². The number of sulfonamides is 1. The first-order valence-electron chi connectivity index (χ1n) is 6.96. The maximum absolute atomic E-state index is 12.4. The average Bonchev–Trinajstić information content (AvgIpc) is 2.53. The Balaban J connectivity index is 2.22. The molecule has 2 atom stereocenters. The Morgan fingerprint density at radius 2 is 1.68 bits per heavy atom. The Labute approximate surface area is 131 Å². The molecule has 0 spiro atoms. The number of nitrogens with two attached hydrogens (primary N) is 1. The predicted molar refractivity (Wildman–Crippen MR) is 88.9 cm³/mol. The van der Waals surface area contributed by atoms with Crippen LogP contribution in [0.1, 0.15) is 17.2 Å². The van der Waals surface area contributed by atoms with Gasteiger partial charge in [-0.1, -0.05) is 54.1 Å². The number of rotatable bonds is 6. The lowest BCUT2D eigenvalue weighted by Gasteiger charge is -2.22. The monoisotopic (exact) mass is 316 g/mol. The van der Waals surface area contributed by atoms with Gasteiger partial charge in [0.1, 0.15) is 0 Å². The summed E-state index contributed by atoms with van der Waals surface area (Å²) in [5, 5.41) is 0. The van der Waals surface area contributed by atoms with Gasteiger partial charge in [-0.05, 0) is 24.6 Å². The first kappa shape index (κ1) is 16.4. The molecule has 5 heteroatoms. The lowest BCUT2D eigenvalue weighted by Crippen LogP contribution is -2.41. The number of hydrogen-bond acceptors (Lipinski definition) is 3. The third kappa shape index (κ3) is 3.82. The molecule has 0 aliphatic heterocycles. The number of nitrogens with one attached hydrogen (secondary N) is 1. The van der Waals surface area contributed by atoms with Gasteiger partial charge in [0.25, 0.3) is 0 Å². The van der Waals surface area contributed by atoms with Crippen LogP contribution < -0.4 is 10.5 Å². The fourth-order valence-corrected chi connectivity index (χ4v) is 3.35. The molecule has 0 aromatic heterocycles. The number of hydrogen-bond donors (Lipinski definition) is 2. The van der Waals surface area contributed by atoms with E-state index in [1.165, 1.54) is 6.08 Å². The van der Waals surface area contributed by atoms with Crippen molar-refractivity contribution in [3.8, 4) is 0 Å². The molecule has 2 aromatic rings. The fraction of sp³-hybridized carbons (Fsp3) is 0.176. The molecule has 0 aliphatic rings. The van der Waals surface area contributed by atoms with Crippen LogP contribution in [-0.4, -0.2) is 14.5 Å². The lowest BCUT2D eigenvalue weighted by atomic mass is 10.0. The summed E-state index contributed by atoms with van der Waals surface area (Å²) in [6.45, 7) is 5.60. The molecule has 0 bridgehead atoms. The van der Waals surface area contributed by atoms with Crippen LogP contribution in [0.2, 0.25) is 0 Å². The summed E-state index contributed by atoms with van der Waals surface area (Å²) in [4.78, 5) is 0.213. The van der Waals surface area contributed by atoms with Crippen molar-refractivity contribution < 1.29 is 8.42 Å². The van der Waals surface area contributed by atoms with Crippen molar-refractivity contribution >= 4 is 10.0 Å². The second-order valence-corrected chi connectivity index (χ2v) is 6.85. The molecule has 0 saturated heterocycles. The van der Waals surface area contributed by atoms with E-state index < -0.39 is 22.1 Å². The van der Waals surface area contributed by atoms with Gasteiger partial charge < -0.3 is 5.73 Å². The highest BCUT2D eigenvalue weighted by Crippen LogP contribution is 2.17. The van der Waals surface area contributed by atoms with Crippen molar-refractivity contribution in [2.24, 2.45) is 5.73 Å². The van der Waals surface area contributed by atoms with Crippen molar-refractivity contribution in [2.75, 3.05) is 0 Å². The van der Waals surface area contributed by atoms with Crippen LogP contribution in [0.5, 0.6) is 0 Å². The van der Waals surface area contributed by atoms with Gasteiger partial charge in [0, 0.05) is 6.04 Å². The van der Waals surface area contributed by atoms with Gasteiger partial charge in [-0.2, -0.15) is 0 Å². The van der Waals surface area contributed by atoms with E-state index in [9.17, 15) is 8.42 Å². The number of aryl methyl sites for hydroxylation is 1. The predicted octanol–water partition coefficient (Wildman–Crippen LogP) is 2.53. The van der Waals surface area contributed by atoms with Gasteiger partial charge in [-0.3, -0.25) is 0 Å². The summed E-state index contributed by atoms with van der Waals surface area (Å²) in [5.41, 5.74) is 8.01. The molecule has 0 saturated carbocycles. The van der Waals surface area contributed by atoms with E-state index in [1.807, 2.05) is 37.3 Å². The lowest BCUT2D eigenvalue weighted by molar-refractivity contribution is 0.541. The van der Waals surface area contributed by atoms with E-state index in [2.05, 4.69) is 11.3 Å². The highest BCUT2D eigenvalue weighted by Gasteiger charge is 2.23. The summed E-state index contributed by atoms with van der Waals surface area (Å²) in [6.07, 6.45) is 1.52. The Morgan fingerprint density at radius 1 is 1.09 bits per heavy atom. The maximum Gasteiger partial charge on any atom is 0.241 e. The molecule has 22 heavy (non-hydrogen) atoms. The molecule has 0 radical (unpaired) electrons. The van der Waals surface area contributed by atoms with Crippen LogP contribution in [0.15, 0.2) is 72.1 Å². The summed E-state index contributed by atoms with van der Waals surface area (Å²) in [6, 6.07) is 14.9. The number of benzene rings is 2. The normalized spacial score (nSPS) is 14.3. The molecule has 0 heterocycles. The zero-order valence-corrected chi connectivity index (χ0v) is 13.3. The van der Waals surface area contributed by atoms with Gasteiger partial charge >= 0.3 is 0 Å². The molecular formula is C17H20N2O2S. The molecular weight excluding hydrogens is 296 g/mol. The Hall–Kier alpha value is -1.95. The van der Waals surface area contributed by atoms with E-state index >= 15 is 0 Å². The highest BCUT2D eigenvalue weighted by molar-refractivity contribution is 7.89. The molecule has 0 amide bonds. The summed E-state index contributed by atoms with van der Waals surface area (Å²) in [7, 11) is -3.64. The van der Waals surface area contributed by atoms with Crippen molar-refractivity contribution in [3.05, 3.63) is 78.4 Å². The minimum Gasteiger partial charge on any atom is -0.322 e. The van der Waals surface area contributed by atoms with E-state index in [0.29, 0.717) is 0 Å². The molecule has 2 rings (SSSR count). The quantitative estimate of drug-likeness (QED) is 0.804. The van der Waals surface area contributed by atoms with Gasteiger partial charge in [0.05, 0.1) is 10.9 Å². The average molecular weight is 316 g/mol. The molecule has 3 N–H and O–H groups in total. The smallest absolute Gasteiger partial charge is 0.241 e. The molecule has 0 aliphatic carbocycles. The summed E-state index contributed by atoms with van der Waals surface area (Å²) >= 11 is 0. The van der Waals surface area contributed by atoms with Gasteiger partial charge in [-0.25, -0.2) is 13.1 Å². The minimum atomic E-state index is -3.64. The standard InChI is InChI=1S/C17H20N2O2S/c1-3-16(17(18)14-7-5-4-6-8-14)19-22(20,21)15-11-9-13(2)10-12-15/h3-12,16-17,19H,1,18H2,2H3/t16-,17-/m0/s1. The van der Waals surface area contributed by atoms with Crippen molar-refractivity contribution in [3.63, 3.8) is 0 Å². The first-order valence-corrected chi connectivity index (χ1v) is 8.44. The molecule has 2 aromatic carbocycles. The van der Waals surface area contributed by atoms with Gasteiger partial charge in [0.15, 0.2) is 0 Å². The second kappa shape index (κ2) is 6.87. The van der Waals surface area contributed by atoms with Crippen LogP contribution in [0.3, 0.4) is 0 Å². The van der Waals surface area contributed by atoms with Gasteiger partial charge in [-0.15, -0.1) is 6.58 Å². The van der Waals surface area contributed by atoms with Crippen LogP contribution in [0.25, 0.3) is 0 Å². The zero-order valence-electron chi connectivity index (χ0n) is 12.4. The minimum absolute atomic E-state index is 0.213. The van der Waals surface area contributed by atoms with E-state index in [-0.39, 0.29) is 4.90 Å². The Bertz CT molecular complexity index is 725. The molecule has 0 unspecified atom stereocenters.